The van der Waals surface area contributed by atoms with Crippen molar-refractivity contribution in [3.05, 3.63) is 76.9 Å². The quantitative estimate of drug-likeness (QED) is 0.304. The number of nitrogens with one attached hydrogen (secondary N) is 3. The number of rotatable bonds is 5. The second kappa shape index (κ2) is 13.5. The lowest BCUT2D eigenvalue weighted by atomic mass is 10.0. The van der Waals surface area contributed by atoms with Crippen molar-refractivity contribution in [3.8, 4) is 0 Å². The highest BCUT2D eigenvalue weighted by atomic mass is 16.2. The molecule has 4 heterocycles. The SMILES string of the molecule is Cc1ccc2[nH]c(CCC(=O)N3CCN4C(=O)[C@H](Cc5ccccc5)NC(=O)CCCn5cc(nn5)CNC(=O)[C@H]4C3)nc2c1C. The number of fused-ring (bicyclic) bond motifs is 4. The van der Waals surface area contributed by atoms with Gasteiger partial charge in [0.2, 0.25) is 23.6 Å². The summed E-state index contributed by atoms with van der Waals surface area (Å²) in [6.07, 6.45) is 3.36. The van der Waals surface area contributed by atoms with E-state index in [2.05, 4.69) is 25.9 Å². The first kappa shape index (κ1) is 30.9. The molecule has 2 atom stereocenters. The van der Waals surface area contributed by atoms with E-state index in [1.807, 2.05) is 56.3 Å². The summed E-state index contributed by atoms with van der Waals surface area (Å²) in [5.74, 6) is -0.402. The van der Waals surface area contributed by atoms with E-state index >= 15 is 0 Å². The first-order valence-corrected chi connectivity index (χ1v) is 15.8. The van der Waals surface area contributed by atoms with Gasteiger partial charge in [-0.05, 0) is 43.0 Å². The molecule has 2 bridgehead atoms. The molecule has 1 saturated heterocycles. The topological polar surface area (TPSA) is 158 Å². The number of aromatic amines is 1. The number of piperazine rings is 1. The normalized spacial score (nSPS) is 19.7. The number of hydrogen-bond donors (Lipinski definition) is 3. The van der Waals surface area contributed by atoms with Gasteiger partial charge in [-0.3, -0.25) is 23.9 Å². The zero-order valence-corrected chi connectivity index (χ0v) is 26.2. The maximum atomic E-state index is 14.1. The van der Waals surface area contributed by atoms with Gasteiger partial charge in [-0.1, -0.05) is 41.6 Å². The minimum Gasteiger partial charge on any atom is -0.348 e. The highest BCUT2D eigenvalue weighted by Crippen LogP contribution is 2.21. The third-order valence-electron chi connectivity index (χ3n) is 8.86. The van der Waals surface area contributed by atoms with Crippen LogP contribution in [0.25, 0.3) is 11.0 Å². The predicted molar refractivity (Wildman–Crippen MR) is 169 cm³/mol. The summed E-state index contributed by atoms with van der Waals surface area (Å²) >= 11 is 0. The lowest BCUT2D eigenvalue weighted by Gasteiger charge is -2.42. The Bertz CT molecular complexity index is 1750. The van der Waals surface area contributed by atoms with Crippen LogP contribution in [0.5, 0.6) is 0 Å². The van der Waals surface area contributed by atoms with Crippen LogP contribution in [0.2, 0.25) is 0 Å². The molecule has 46 heavy (non-hydrogen) atoms. The summed E-state index contributed by atoms with van der Waals surface area (Å²) in [6, 6.07) is 11.7. The van der Waals surface area contributed by atoms with Crippen molar-refractivity contribution < 1.29 is 19.2 Å². The highest BCUT2D eigenvalue weighted by molar-refractivity contribution is 5.93. The molecule has 0 saturated carbocycles. The molecular formula is C33H39N9O4. The Kier molecular flexibility index (Phi) is 9.08. The number of aryl methyl sites for hydroxylation is 4. The molecule has 2 aliphatic rings. The third-order valence-corrected chi connectivity index (χ3v) is 8.86. The number of imidazole rings is 1. The van der Waals surface area contributed by atoms with Gasteiger partial charge < -0.3 is 25.4 Å². The summed E-state index contributed by atoms with van der Waals surface area (Å²) in [5, 5.41) is 14.0. The number of nitrogens with zero attached hydrogens (tertiary/aromatic N) is 6. The Hall–Kier alpha value is -5.07. The van der Waals surface area contributed by atoms with Crippen LogP contribution in [0.3, 0.4) is 0 Å². The van der Waals surface area contributed by atoms with Crippen LogP contribution in [0.15, 0.2) is 48.7 Å². The maximum Gasteiger partial charge on any atom is 0.246 e. The number of amides is 4. The van der Waals surface area contributed by atoms with E-state index in [-0.39, 0.29) is 63.2 Å². The first-order valence-electron chi connectivity index (χ1n) is 15.8. The van der Waals surface area contributed by atoms with Gasteiger partial charge >= 0.3 is 0 Å². The van der Waals surface area contributed by atoms with E-state index in [9.17, 15) is 19.2 Å². The monoisotopic (exact) mass is 625 g/mol. The third kappa shape index (κ3) is 6.93. The Balaban J connectivity index is 1.21. The van der Waals surface area contributed by atoms with Crippen molar-refractivity contribution >= 4 is 34.7 Å². The van der Waals surface area contributed by atoms with Gasteiger partial charge in [0.25, 0.3) is 0 Å². The smallest absolute Gasteiger partial charge is 0.246 e. The van der Waals surface area contributed by atoms with Crippen LogP contribution >= 0.6 is 0 Å². The molecular weight excluding hydrogens is 586 g/mol. The molecule has 2 aromatic carbocycles. The summed E-state index contributed by atoms with van der Waals surface area (Å²) in [5.41, 5.74) is 5.54. The zero-order valence-electron chi connectivity index (χ0n) is 26.2. The minimum absolute atomic E-state index is 0.0353. The molecule has 6 rings (SSSR count). The standard InChI is InChI=1S/C33H39N9O4/c1-21-10-11-25-31(22(21)2)37-28(35-25)12-13-30(44)40-15-16-42-27(20-40)32(45)34-18-24-19-41(39-38-24)14-6-9-29(43)36-26(33(42)46)17-23-7-4-3-5-8-23/h3-5,7-8,10-11,19,26-27H,6,9,12-18,20H2,1-2H3,(H,34,45)(H,35,37)(H,36,43)/t26-,27+/m0/s1. The predicted octanol–water partition coefficient (Wildman–Crippen LogP) is 1.58. The molecule has 2 aromatic heterocycles. The fourth-order valence-corrected chi connectivity index (χ4v) is 6.11. The summed E-state index contributed by atoms with van der Waals surface area (Å²) in [4.78, 5) is 65.5. The average molecular weight is 626 g/mol. The number of benzene rings is 2. The van der Waals surface area contributed by atoms with Gasteiger partial charge in [0, 0.05) is 45.3 Å². The highest BCUT2D eigenvalue weighted by Gasteiger charge is 2.39. The molecule has 0 spiro atoms. The van der Waals surface area contributed by atoms with Gasteiger partial charge in [-0.15, -0.1) is 5.10 Å². The molecule has 240 valence electrons. The van der Waals surface area contributed by atoms with Crippen molar-refractivity contribution in [2.24, 2.45) is 0 Å². The summed E-state index contributed by atoms with van der Waals surface area (Å²) in [7, 11) is 0. The Morgan fingerprint density at radius 1 is 1.02 bits per heavy atom. The lowest BCUT2D eigenvalue weighted by molar-refractivity contribution is -0.150. The van der Waals surface area contributed by atoms with Gasteiger partial charge in [0.15, 0.2) is 0 Å². The van der Waals surface area contributed by atoms with Crippen LogP contribution in [0, 0.1) is 13.8 Å². The number of carbonyl (C=O) groups is 4. The van der Waals surface area contributed by atoms with E-state index in [4.69, 9.17) is 4.98 Å². The molecule has 0 radical (unpaired) electrons. The van der Waals surface area contributed by atoms with E-state index in [1.54, 1.807) is 15.8 Å². The fourth-order valence-electron chi connectivity index (χ4n) is 6.11. The van der Waals surface area contributed by atoms with Gasteiger partial charge in [0.05, 0.1) is 30.3 Å². The van der Waals surface area contributed by atoms with Crippen molar-refractivity contribution in [2.45, 2.75) is 71.1 Å². The first-order chi connectivity index (χ1) is 22.2. The zero-order chi connectivity index (χ0) is 32.2. The van der Waals surface area contributed by atoms with E-state index < -0.39 is 18.0 Å². The van der Waals surface area contributed by atoms with Crippen LogP contribution in [0.4, 0.5) is 0 Å². The molecule has 4 amide bonds. The van der Waals surface area contributed by atoms with Gasteiger partial charge in [-0.25, -0.2) is 4.98 Å². The lowest BCUT2D eigenvalue weighted by Crippen LogP contribution is -2.64. The molecule has 13 nitrogen and oxygen atoms in total. The molecule has 13 heteroatoms. The molecule has 4 aromatic rings. The Morgan fingerprint density at radius 2 is 1.85 bits per heavy atom. The molecule has 1 fully saturated rings. The summed E-state index contributed by atoms with van der Waals surface area (Å²) in [6.45, 7) is 5.14. The van der Waals surface area contributed by atoms with Crippen molar-refractivity contribution in [3.63, 3.8) is 0 Å². The van der Waals surface area contributed by atoms with E-state index in [0.717, 1.165) is 33.5 Å². The van der Waals surface area contributed by atoms with Gasteiger partial charge in [0.1, 0.15) is 23.6 Å². The Labute approximate surface area is 266 Å². The van der Waals surface area contributed by atoms with Crippen molar-refractivity contribution in [2.75, 3.05) is 19.6 Å². The molecule has 0 aliphatic carbocycles. The minimum atomic E-state index is -0.947. The number of H-pyrrole nitrogens is 1. The van der Waals surface area contributed by atoms with Crippen molar-refractivity contribution in [1.82, 2.24) is 45.4 Å². The number of carbonyl (C=O) groups excluding carboxylic acids is 4. The average Bonchev–Trinajstić information content (AvgIpc) is 3.70. The Morgan fingerprint density at radius 3 is 2.67 bits per heavy atom. The second-order valence-electron chi connectivity index (χ2n) is 12.1. The van der Waals surface area contributed by atoms with Crippen LogP contribution in [-0.4, -0.2) is 90.1 Å². The largest absolute Gasteiger partial charge is 0.348 e. The molecule has 0 unspecified atom stereocenters. The van der Waals surface area contributed by atoms with E-state index in [1.165, 1.54) is 4.90 Å². The van der Waals surface area contributed by atoms with E-state index in [0.29, 0.717) is 25.1 Å². The van der Waals surface area contributed by atoms with Crippen LogP contribution in [0.1, 0.15) is 47.5 Å². The van der Waals surface area contributed by atoms with Crippen LogP contribution < -0.4 is 10.6 Å². The van der Waals surface area contributed by atoms with Crippen molar-refractivity contribution in [1.29, 1.82) is 0 Å². The number of hydrogen-bond acceptors (Lipinski definition) is 7. The van der Waals surface area contributed by atoms with Crippen LogP contribution in [-0.2, 0) is 45.1 Å². The maximum absolute atomic E-state index is 14.1. The number of aromatic nitrogens is 5. The summed E-state index contributed by atoms with van der Waals surface area (Å²) < 4.78 is 1.64. The van der Waals surface area contributed by atoms with Gasteiger partial charge in [-0.2, -0.15) is 0 Å². The molecule has 2 aliphatic heterocycles. The fraction of sp³-hybridized carbons (Fsp3) is 0.424. The molecule has 3 N–H and O–H groups in total. The second-order valence-corrected chi connectivity index (χ2v) is 12.1.